The number of rotatable bonds is 3. The first-order valence-electron chi connectivity index (χ1n) is 5.63. The number of aryl methyl sites for hydroxylation is 2. The minimum absolute atomic E-state index is 0.0592. The van der Waals surface area contributed by atoms with Gasteiger partial charge in [-0.3, -0.25) is 4.68 Å². The molecule has 0 spiro atoms. The Morgan fingerprint density at radius 1 is 1.33 bits per heavy atom. The van der Waals surface area contributed by atoms with Crippen LogP contribution in [0.25, 0.3) is 0 Å². The quantitative estimate of drug-likeness (QED) is 0.833. The van der Waals surface area contributed by atoms with Gasteiger partial charge in [0.2, 0.25) is 0 Å². The normalized spacial score (nSPS) is 12.1. The van der Waals surface area contributed by atoms with Gasteiger partial charge < -0.3 is 5.11 Å². The number of hydrogen-bond donors (Lipinski definition) is 1. The van der Waals surface area contributed by atoms with E-state index >= 15 is 0 Å². The highest BCUT2D eigenvalue weighted by Crippen LogP contribution is 2.33. The molecular formula is C12H22N2O. The molecule has 0 aliphatic carbocycles. The highest BCUT2D eigenvalue weighted by molar-refractivity contribution is 5.36. The van der Waals surface area contributed by atoms with Crippen LogP contribution in [0.4, 0.5) is 0 Å². The zero-order valence-corrected chi connectivity index (χ0v) is 10.5. The van der Waals surface area contributed by atoms with Crippen LogP contribution in [0.1, 0.15) is 51.9 Å². The number of aromatic hydroxyl groups is 1. The molecule has 0 amide bonds. The van der Waals surface area contributed by atoms with Crippen LogP contribution in [-0.2, 0) is 18.9 Å². The number of hydrogen-bond acceptors (Lipinski definition) is 2. The van der Waals surface area contributed by atoms with Gasteiger partial charge in [0.25, 0.3) is 0 Å². The molecule has 1 N–H and O–H groups in total. The highest BCUT2D eigenvalue weighted by Gasteiger charge is 2.25. The largest absolute Gasteiger partial charge is 0.504 e. The van der Waals surface area contributed by atoms with Gasteiger partial charge in [0.05, 0.1) is 5.69 Å². The maximum Gasteiger partial charge on any atom is 0.160 e. The molecule has 1 aromatic rings. The van der Waals surface area contributed by atoms with Crippen molar-refractivity contribution >= 4 is 0 Å². The lowest BCUT2D eigenvalue weighted by atomic mass is 9.91. The van der Waals surface area contributed by atoms with E-state index < -0.39 is 0 Å². The van der Waals surface area contributed by atoms with E-state index in [1.54, 1.807) is 4.68 Å². The van der Waals surface area contributed by atoms with Crippen molar-refractivity contribution in [1.82, 2.24) is 9.78 Å². The standard InChI is InChI=1S/C12H22N2O/c1-6-7-8-9-10(15)11(12(2,3)4)14(5)13-9/h15H,6-8H2,1-5H3. The molecule has 0 unspecified atom stereocenters. The fourth-order valence-corrected chi connectivity index (χ4v) is 1.92. The first kappa shape index (κ1) is 12.1. The smallest absolute Gasteiger partial charge is 0.160 e. The van der Waals surface area contributed by atoms with E-state index in [0.29, 0.717) is 5.75 Å². The molecule has 0 radical (unpaired) electrons. The van der Waals surface area contributed by atoms with Crippen molar-refractivity contribution < 1.29 is 5.11 Å². The lowest BCUT2D eigenvalue weighted by Crippen LogP contribution is -2.16. The highest BCUT2D eigenvalue weighted by atomic mass is 16.3. The topological polar surface area (TPSA) is 38.0 Å². The number of unbranched alkanes of at least 4 members (excludes halogenated alkanes) is 1. The van der Waals surface area contributed by atoms with Crippen LogP contribution in [0, 0.1) is 0 Å². The van der Waals surface area contributed by atoms with Gasteiger partial charge in [-0.15, -0.1) is 0 Å². The zero-order valence-electron chi connectivity index (χ0n) is 10.5. The summed E-state index contributed by atoms with van der Waals surface area (Å²) in [6, 6.07) is 0. The van der Waals surface area contributed by atoms with Gasteiger partial charge in [-0.05, 0) is 12.8 Å². The Morgan fingerprint density at radius 2 is 1.93 bits per heavy atom. The third-order valence-electron chi connectivity index (χ3n) is 2.57. The van der Waals surface area contributed by atoms with E-state index in [2.05, 4.69) is 32.8 Å². The van der Waals surface area contributed by atoms with Gasteiger partial charge in [0.1, 0.15) is 5.69 Å². The van der Waals surface area contributed by atoms with Crippen LogP contribution in [0.15, 0.2) is 0 Å². The molecule has 0 atom stereocenters. The van der Waals surface area contributed by atoms with Crippen molar-refractivity contribution in [2.24, 2.45) is 7.05 Å². The Balaban J connectivity index is 3.04. The minimum Gasteiger partial charge on any atom is -0.504 e. The van der Waals surface area contributed by atoms with Crippen molar-refractivity contribution in [3.63, 3.8) is 0 Å². The summed E-state index contributed by atoms with van der Waals surface area (Å²) in [6.45, 7) is 8.42. The van der Waals surface area contributed by atoms with Gasteiger partial charge in [0, 0.05) is 12.5 Å². The molecule has 86 valence electrons. The van der Waals surface area contributed by atoms with E-state index in [-0.39, 0.29) is 5.41 Å². The SMILES string of the molecule is CCCCc1nn(C)c(C(C)(C)C)c1O. The molecule has 3 heteroatoms. The first-order valence-corrected chi connectivity index (χ1v) is 5.63. The van der Waals surface area contributed by atoms with Crippen molar-refractivity contribution in [3.8, 4) is 5.75 Å². The second-order valence-corrected chi connectivity index (χ2v) is 5.12. The fourth-order valence-electron chi connectivity index (χ4n) is 1.92. The average Bonchev–Trinajstić information content (AvgIpc) is 2.36. The van der Waals surface area contributed by atoms with Crippen LogP contribution in [0.3, 0.4) is 0 Å². The van der Waals surface area contributed by atoms with Crippen molar-refractivity contribution in [3.05, 3.63) is 11.4 Å². The first-order chi connectivity index (χ1) is 6.88. The Morgan fingerprint density at radius 3 is 2.33 bits per heavy atom. The maximum absolute atomic E-state index is 10.1. The molecule has 1 heterocycles. The van der Waals surface area contributed by atoms with Gasteiger partial charge in [-0.1, -0.05) is 34.1 Å². The molecule has 0 saturated carbocycles. The molecule has 0 aliphatic heterocycles. The molecule has 1 rings (SSSR count). The zero-order chi connectivity index (χ0) is 11.6. The molecular weight excluding hydrogens is 188 g/mol. The van der Waals surface area contributed by atoms with Crippen LogP contribution >= 0.6 is 0 Å². The lowest BCUT2D eigenvalue weighted by molar-refractivity contribution is 0.430. The molecule has 0 saturated heterocycles. The Hall–Kier alpha value is -0.990. The molecule has 15 heavy (non-hydrogen) atoms. The third kappa shape index (κ3) is 2.52. The maximum atomic E-state index is 10.1. The summed E-state index contributed by atoms with van der Waals surface area (Å²) in [6.07, 6.45) is 3.07. The average molecular weight is 210 g/mol. The summed E-state index contributed by atoms with van der Waals surface area (Å²) in [5, 5.41) is 14.5. The van der Waals surface area contributed by atoms with E-state index in [4.69, 9.17) is 0 Å². The van der Waals surface area contributed by atoms with Gasteiger partial charge in [-0.2, -0.15) is 5.10 Å². The Bertz CT molecular complexity index is 334. The van der Waals surface area contributed by atoms with Crippen LogP contribution in [0.2, 0.25) is 0 Å². The fraction of sp³-hybridized carbons (Fsp3) is 0.750. The van der Waals surface area contributed by atoms with Crippen LogP contribution in [-0.4, -0.2) is 14.9 Å². The van der Waals surface area contributed by atoms with E-state index in [1.165, 1.54) is 0 Å². The second-order valence-electron chi connectivity index (χ2n) is 5.12. The number of aromatic nitrogens is 2. The number of nitrogens with zero attached hydrogens (tertiary/aromatic N) is 2. The summed E-state index contributed by atoms with van der Waals surface area (Å²) in [5.41, 5.74) is 1.70. The van der Waals surface area contributed by atoms with Crippen molar-refractivity contribution in [1.29, 1.82) is 0 Å². The van der Waals surface area contributed by atoms with Gasteiger partial charge in [0.15, 0.2) is 5.75 Å². The summed E-state index contributed by atoms with van der Waals surface area (Å²) in [4.78, 5) is 0. The Kier molecular flexibility index (Phi) is 3.42. The van der Waals surface area contributed by atoms with Crippen molar-refractivity contribution in [2.75, 3.05) is 0 Å². The molecule has 1 aromatic heterocycles. The Labute approximate surface area is 92.1 Å². The second kappa shape index (κ2) is 4.25. The molecule has 3 nitrogen and oxygen atoms in total. The molecule has 0 aromatic carbocycles. The summed E-state index contributed by atoms with van der Waals surface area (Å²) in [5.74, 6) is 0.387. The predicted molar refractivity (Wildman–Crippen MR) is 62.2 cm³/mol. The molecule has 0 fully saturated rings. The van der Waals surface area contributed by atoms with Gasteiger partial charge >= 0.3 is 0 Å². The van der Waals surface area contributed by atoms with Gasteiger partial charge in [-0.25, -0.2) is 0 Å². The van der Waals surface area contributed by atoms with Crippen LogP contribution < -0.4 is 0 Å². The van der Waals surface area contributed by atoms with E-state index in [1.807, 2.05) is 7.05 Å². The minimum atomic E-state index is -0.0592. The monoisotopic (exact) mass is 210 g/mol. The third-order valence-corrected chi connectivity index (χ3v) is 2.57. The van der Waals surface area contributed by atoms with E-state index in [0.717, 1.165) is 30.7 Å². The summed E-state index contributed by atoms with van der Waals surface area (Å²) >= 11 is 0. The van der Waals surface area contributed by atoms with Crippen molar-refractivity contribution in [2.45, 2.75) is 52.4 Å². The molecule has 0 bridgehead atoms. The van der Waals surface area contributed by atoms with E-state index in [9.17, 15) is 5.11 Å². The molecule has 0 aliphatic rings. The summed E-state index contributed by atoms with van der Waals surface area (Å²) in [7, 11) is 1.90. The summed E-state index contributed by atoms with van der Waals surface area (Å²) < 4.78 is 1.81. The predicted octanol–water partition coefficient (Wildman–Crippen LogP) is 2.77. The van der Waals surface area contributed by atoms with Crippen LogP contribution in [0.5, 0.6) is 5.75 Å². The lowest BCUT2D eigenvalue weighted by Gasteiger charge is -2.18.